The third kappa shape index (κ3) is 3.19. The first-order valence-corrected chi connectivity index (χ1v) is 7.06. The first kappa shape index (κ1) is 13.6. The topological polar surface area (TPSA) is 43.4 Å². The molecule has 3 nitrogen and oxygen atoms in total. The molecule has 3 heteroatoms. The summed E-state index contributed by atoms with van der Waals surface area (Å²) in [5.41, 5.74) is 2.43. The van der Waals surface area contributed by atoms with E-state index >= 15 is 0 Å². The molecule has 106 valence electrons. The van der Waals surface area contributed by atoms with Crippen molar-refractivity contribution in [3.05, 3.63) is 65.2 Å². The van der Waals surface area contributed by atoms with Gasteiger partial charge >= 0.3 is 5.97 Å². The largest absolute Gasteiger partial charge is 0.423 e. The lowest BCUT2D eigenvalue weighted by atomic mass is 10.1. The fourth-order valence-corrected chi connectivity index (χ4v) is 2.23. The Morgan fingerprint density at radius 1 is 0.905 bits per heavy atom. The zero-order valence-electron chi connectivity index (χ0n) is 11.8. The number of carbonyl (C=O) groups excluding carboxylic acids is 2. The highest BCUT2D eigenvalue weighted by molar-refractivity contribution is 5.94. The molecule has 1 saturated carbocycles. The lowest BCUT2D eigenvalue weighted by molar-refractivity contribution is 0.0734. The molecule has 0 heterocycles. The van der Waals surface area contributed by atoms with Gasteiger partial charge in [0.1, 0.15) is 5.75 Å². The van der Waals surface area contributed by atoms with Crippen LogP contribution >= 0.6 is 0 Å². The number of ketones is 1. The van der Waals surface area contributed by atoms with E-state index in [0.29, 0.717) is 22.8 Å². The van der Waals surface area contributed by atoms with Gasteiger partial charge in [0.25, 0.3) is 0 Å². The molecule has 1 aliphatic rings. The maximum absolute atomic E-state index is 12.0. The van der Waals surface area contributed by atoms with E-state index in [2.05, 4.69) is 0 Å². The molecule has 0 atom stereocenters. The molecule has 0 radical (unpaired) electrons. The molecule has 1 aliphatic carbocycles. The highest BCUT2D eigenvalue weighted by atomic mass is 16.5. The van der Waals surface area contributed by atoms with E-state index in [0.717, 1.165) is 0 Å². The van der Waals surface area contributed by atoms with Gasteiger partial charge in [0.2, 0.25) is 0 Å². The van der Waals surface area contributed by atoms with Crippen LogP contribution < -0.4 is 4.74 Å². The fraction of sp³-hybridized carbons (Fsp3) is 0.222. The first-order valence-electron chi connectivity index (χ1n) is 7.06. The van der Waals surface area contributed by atoms with Crippen molar-refractivity contribution in [3.63, 3.8) is 0 Å². The number of hydrogen-bond donors (Lipinski definition) is 0. The molecular formula is C18H16O3. The minimum Gasteiger partial charge on any atom is -0.423 e. The predicted octanol–water partition coefficient (Wildman–Crippen LogP) is 3.99. The van der Waals surface area contributed by atoms with E-state index in [1.54, 1.807) is 36.4 Å². The van der Waals surface area contributed by atoms with Gasteiger partial charge < -0.3 is 4.74 Å². The van der Waals surface area contributed by atoms with Crippen LogP contribution in [-0.4, -0.2) is 11.8 Å². The van der Waals surface area contributed by atoms with E-state index in [-0.39, 0.29) is 11.8 Å². The van der Waals surface area contributed by atoms with Crippen molar-refractivity contribution in [1.29, 1.82) is 0 Å². The van der Waals surface area contributed by atoms with Crippen molar-refractivity contribution in [2.24, 2.45) is 0 Å². The smallest absolute Gasteiger partial charge is 0.343 e. The van der Waals surface area contributed by atoms with Gasteiger partial charge in [0.15, 0.2) is 5.78 Å². The standard InChI is InChI=1S/C18H16O3/c1-12(19)13-8-10-17(11-9-13)21-18(20)16-6-4-15(5-7-16)14-2-3-14/h4-11,14H,2-3H2,1H3. The third-order valence-corrected chi connectivity index (χ3v) is 3.67. The molecule has 0 amide bonds. The summed E-state index contributed by atoms with van der Waals surface area (Å²) in [4.78, 5) is 23.2. The lowest BCUT2D eigenvalue weighted by Crippen LogP contribution is -2.08. The van der Waals surface area contributed by atoms with Crippen LogP contribution in [0.5, 0.6) is 5.75 Å². The van der Waals surface area contributed by atoms with Gasteiger partial charge in [-0.25, -0.2) is 4.79 Å². The second-order valence-electron chi connectivity index (χ2n) is 5.37. The number of carbonyl (C=O) groups is 2. The minimum absolute atomic E-state index is 0.0106. The Morgan fingerprint density at radius 3 is 2.00 bits per heavy atom. The second kappa shape index (κ2) is 5.52. The van der Waals surface area contributed by atoms with Crippen molar-refractivity contribution in [3.8, 4) is 5.75 Å². The second-order valence-corrected chi connectivity index (χ2v) is 5.37. The third-order valence-electron chi connectivity index (χ3n) is 3.67. The van der Waals surface area contributed by atoms with Gasteiger partial charge in [-0.2, -0.15) is 0 Å². The van der Waals surface area contributed by atoms with Crippen LogP contribution in [0, 0.1) is 0 Å². The summed E-state index contributed by atoms with van der Waals surface area (Å²) in [6.45, 7) is 1.50. The normalized spacial score (nSPS) is 13.8. The van der Waals surface area contributed by atoms with Crippen molar-refractivity contribution >= 4 is 11.8 Å². The molecule has 2 aromatic carbocycles. The predicted molar refractivity (Wildman–Crippen MR) is 79.8 cm³/mol. The van der Waals surface area contributed by atoms with Crippen LogP contribution in [0.15, 0.2) is 48.5 Å². The fourth-order valence-electron chi connectivity index (χ4n) is 2.23. The Labute approximate surface area is 123 Å². The number of benzene rings is 2. The van der Waals surface area contributed by atoms with E-state index in [9.17, 15) is 9.59 Å². The number of hydrogen-bond acceptors (Lipinski definition) is 3. The summed E-state index contributed by atoms with van der Waals surface area (Å²) >= 11 is 0. The average molecular weight is 280 g/mol. The SMILES string of the molecule is CC(=O)c1ccc(OC(=O)c2ccc(C3CC3)cc2)cc1. The van der Waals surface area contributed by atoms with E-state index in [1.807, 2.05) is 12.1 Å². The number of ether oxygens (including phenoxy) is 1. The van der Waals surface area contributed by atoms with Crippen molar-refractivity contribution in [2.75, 3.05) is 0 Å². The summed E-state index contributed by atoms with van der Waals surface area (Å²) in [5, 5.41) is 0. The molecule has 0 unspecified atom stereocenters. The van der Waals surface area contributed by atoms with Crippen LogP contribution in [0.3, 0.4) is 0 Å². The molecule has 0 aliphatic heterocycles. The molecule has 0 spiro atoms. The van der Waals surface area contributed by atoms with Crippen LogP contribution in [0.2, 0.25) is 0 Å². The van der Waals surface area contributed by atoms with Gasteiger partial charge in [-0.15, -0.1) is 0 Å². The Balaban J connectivity index is 1.68. The molecule has 0 N–H and O–H groups in total. The van der Waals surface area contributed by atoms with Gasteiger partial charge in [-0.05, 0) is 67.6 Å². The summed E-state index contributed by atoms with van der Waals surface area (Å²) in [5.74, 6) is 0.724. The summed E-state index contributed by atoms with van der Waals surface area (Å²) in [6.07, 6.45) is 2.48. The van der Waals surface area contributed by atoms with Crippen LogP contribution in [-0.2, 0) is 0 Å². The van der Waals surface area contributed by atoms with Crippen LogP contribution in [0.4, 0.5) is 0 Å². The Morgan fingerprint density at radius 2 is 1.48 bits per heavy atom. The maximum atomic E-state index is 12.0. The number of esters is 1. The average Bonchev–Trinajstić information content (AvgIpc) is 3.32. The highest BCUT2D eigenvalue weighted by Crippen LogP contribution is 2.39. The summed E-state index contributed by atoms with van der Waals surface area (Å²) in [6, 6.07) is 14.2. The highest BCUT2D eigenvalue weighted by Gasteiger charge is 2.23. The molecular weight excluding hydrogens is 264 g/mol. The van der Waals surface area contributed by atoms with E-state index in [4.69, 9.17) is 4.74 Å². The lowest BCUT2D eigenvalue weighted by Gasteiger charge is -2.05. The van der Waals surface area contributed by atoms with Crippen LogP contribution in [0.1, 0.15) is 52.0 Å². The Kier molecular flexibility index (Phi) is 3.57. The number of Topliss-reactive ketones (excluding diaryl/α,β-unsaturated/α-hetero) is 1. The molecule has 2 aromatic rings. The van der Waals surface area contributed by atoms with Gasteiger partial charge in [-0.1, -0.05) is 12.1 Å². The van der Waals surface area contributed by atoms with E-state index < -0.39 is 0 Å². The van der Waals surface area contributed by atoms with Crippen molar-refractivity contribution in [2.45, 2.75) is 25.7 Å². The molecule has 0 saturated heterocycles. The van der Waals surface area contributed by atoms with Gasteiger partial charge in [0.05, 0.1) is 5.56 Å². The van der Waals surface area contributed by atoms with Crippen molar-refractivity contribution in [1.82, 2.24) is 0 Å². The number of rotatable bonds is 4. The van der Waals surface area contributed by atoms with E-state index in [1.165, 1.54) is 25.3 Å². The molecule has 21 heavy (non-hydrogen) atoms. The zero-order valence-corrected chi connectivity index (χ0v) is 11.8. The molecule has 0 bridgehead atoms. The monoisotopic (exact) mass is 280 g/mol. The summed E-state index contributed by atoms with van der Waals surface area (Å²) in [7, 11) is 0. The minimum atomic E-state index is -0.382. The molecule has 1 fully saturated rings. The van der Waals surface area contributed by atoms with Crippen molar-refractivity contribution < 1.29 is 14.3 Å². The Hall–Kier alpha value is -2.42. The Bertz CT molecular complexity index is 665. The van der Waals surface area contributed by atoms with Crippen LogP contribution in [0.25, 0.3) is 0 Å². The van der Waals surface area contributed by atoms with Gasteiger partial charge in [-0.3, -0.25) is 4.79 Å². The zero-order chi connectivity index (χ0) is 14.8. The maximum Gasteiger partial charge on any atom is 0.343 e. The quantitative estimate of drug-likeness (QED) is 0.483. The first-order chi connectivity index (χ1) is 10.1. The summed E-state index contributed by atoms with van der Waals surface area (Å²) < 4.78 is 5.30. The molecule has 3 rings (SSSR count). The molecule has 0 aromatic heterocycles. The van der Waals surface area contributed by atoms with Gasteiger partial charge in [0, 0.05) is 5.56 Å².